The van der Waals surface area contributed by atoms with E-state index in [1.54, 1.807) is 18.3 Å². The van der Waals surface area contributed by atoms with Gasteiger partial charge in [-0.15, -0.1) is 0 Å². The fraction of sp³-hybridized carbons (Fsp3) is 0.368. The number of anilines is 2. The number of nitrogens with one attached hydrogen (secondary N) is 1. The van der Waals surface area contributed by atoms with E-state index in [1.165, 1.54) is 0 Å². The lowest BCUT2D eigenvalue weighted by atomic mass is 10.1. The number of aryl methyl sites for hydroxylation is 1. The summed E-state index contributed by atoms with van der Waals surface area (Å²) in [5.41, 5.74) is 2.88. The molecule has 7 heteroatoms. The third-order valence-corrected chi connectivity index (χ3v) is 5.02. The first-order chi connectivity index (χ1) is 12.6. The molecule has 0 saturated carbocycles. The van der Waals surface area contributed by atoms with Gasteiger partial charge in [-0.25, -0.2) is 4.79 Å². The van der Waals surface area contributed by atoms with Crippen molar-refractivity contribution in [1.29, 1.82) is 0 Å². The van der Waals surface area contributed by atoms with Gasteiger partial charge < -0.3 is 15.1 Å². The number of nitrogens with zero attached hydrogens (tertiary/aromatic N) is 3. The molecule has 0 unspecified atom stereocenters. The van der Waals surface area contributed by atoms with Gasteiger partial charge in [-0.1, -0.05) is 36.2 Å². The molecule has 1 saturated heterocycles. The highest BCUT2D eigenvalue weighted by atomic mass is 35.5. The van der Waals surface area contributed by atoms with Crippen molar-refractivity contribution in [2.45, 2.75) is 19.8 Å². The first-order valence-corrected chi connectivity index (χ1v) is 9.53. The van der Waals surface area contributed by atoms with Crippen LogP contribution >= 0.6 is 23.2 Å². The first-order valence-electron chi connectivity index (χ1n) is 8.77. The molecule has 2 aromatic rings. The number of aromatic nitrogens is 1. The molecule has 0 spiro atoms. The van der Waals surface area contributed by atoms with Crippen molar-refractivity contribution < 1.29 is 4.79 Å². The number of rotatable bonds is 3. The molecule has 0 bridgehead atoms. The van der Waals surface area contributed by atoms with Gasteiger partial charge in [0.2, 0.25) is 0 Å². The first kappa shape index (κ1) is 18.8. The highest BCUT2D eigenvalue weighted by Gasteiger charge is 2.22. The maximum Gasteiger partial charge on any atom is 0.321 e. The summed E-state index contributed by atoms with van der Waals surface area (Å²) in [6.07, 6.45) is 5.31. The molecule has 2 amide bonds. The van der Waals surface area contributed by atoms with E-state index in [1.807, 2.05) is 23.2 Å². The molecule has 2 heterocycles. The van der Waals surface area contributed by atoms with Crippen molar-refractivity contribution in [3.05, 3.63) is 52.3 Å². The molecule has 1 fully saturated rings. The van der Waals surface area contributed by atoms with E-state index < -0.39 is 0 Å². The number of carbonyl (C=O) groups excluding carboxylic acids is 1. The zero-order valence-corrected chi connectivity index (χ0v) is 16.2. The molecule has 1 N–H and O–H groups in total. The number of benzene rings is 1. The third-order valence-electron chi connectivity index (χ3n) is 4.50. The largest absolute Gasteiger partial charge is 0.368 e. The van der Waals surface area contributed by atoms with E-state index in [2.05, 4.69) is 22.1 Å². The Balaban J connectivity index is 1.68. The van der Waals surface area contributed by atoms with Gasteiger partial charge in [0.15, 0.2) is 0 Å². The summed E-state index contributed by atoms with van der Waals surface area (Å²) < 4.78 is 0. The van der Waals surface area contributed by atoms with Crippen LogP contribution in [0.2, 0.25) is 10.0 Å². The highest BCUT2D eigenvalue weighted by Crippen LogP contribution is 2.30. The minimum absolute atomic E-state index is 0.106. The quantitative estimate of drug-likeness (QED) is 0.823. The van der Waals surface area contributed by atoms with Gasteiger partial charge in [0.05, 0.1) is 10.7 Å². The van der Waals surface area contributed by atoms with Gasteiger partial charge in [0.1, 0.15) is 0 Å². The standard InChI is InChI=1S/C19H22Cl2N4O/c1-2-14-12-22-13-17(21)18(14)24-7-4-8-25(10-9-24)19(26)23-16-6-3-5-15(20)11-16/h3,5-6,11-13H,2,4,7-10H2,1H3,(H,23,26). The monoisotopic (exact) mass is 392 g/mol. The number of urea groups is 1. The van der Waals surface area contributed by atoms with E-state index >= 15 is 0 Å². The van der Waals surface area contributed by atoms with E-state index in [-0.39, 0.29) is 6.03 Å². The number of carbonyl (C=O) groups is 1. The predicted molar refractivity (Wildman–Crippen MR) is 107 cm³/mol. The van der Waals surface area contributed by atoms with Crippen molar-refractivity contribution in [3.8, 4) is 0 Å². The normalized spacial score (nSPS) is 14.9. The Morgan fingerprint density at radius 3 is 2.81 bits per heavy atom. The number of hydrogen-bond acceptors (Lipinski definition) is 3. The van der Waals surface area contributed by atoms with Crippen LogP contribution in [0.15, 0.2) is 36.7 Å². The predicted octanol–water partition coefficient (Wildman–Crippen LogP) is 4.70. The number of hydrogen-bond donors (Lipinski definition) is 1. The summed E-state index contributed by atoms with van der Waals surface area (Å²) in [5, 5.41) is 4.19. The van der Waals surface area contributed by atoms with Crippen LogP contribution in [0, 0.1) is 0 Å². The topological polar surface area (TPSA) is 48.5 Å². The van der Waals surface area contributed by atoms with Gasteiger partial charge in [0, 0.05) is 49.3 Å². The van der Waals surface area contributed by atoms with Gasteiger partial charge in [-0.05, 0) is 36.6 Å². The number of pyridine rings is 1. The maximum absolute atomic E-state index is 12.6. The highest BCUT2D eigenvalue weighted by molar-refractivity contribution is 6.33. The van der Waals surface area contributed by atoms with E-state index in [0.717, 1.165) is 37.2 Å². The summed E-state index contributed by atoms with van der Waals surface area (Å²) in [7, 11) is 0. The molecule has 1 aliphatic rings. The molecule has 26 heavy (non-hydrogen) atoms. The smallest absolute Gasteiger partial charge is 0.321 e. The molecular weight excluding hydrogens is 371 g/mol. The maximum atomic E-state index is 12.6. The lowest BCUT2D eigenvalue weighted by molar-refractivity contribution is 0.215. The van der Waals surface area contributed by atoms with Gasteiger partial charge in [0.25, 0.3) is 0 Å². The lowest BCUT2D eigenvalue weighted by Gasteiger charge is -2.26. The van der Waals surface area contributed by atoms with Crippen LogP contribution in [0.5, 0.6) is 0 Å². The summed E-state index contributed by atoms with van der Waals surface area (Å²) in [6.45, 7) is 5.03. The molecule has 5 nitrogen and oxygen atoms in total. The summed E-state index contributed by atoms with van der Waals surface area (Å²) in [4.78, 5) is 20.9. The zero-order chi connectivity index (χ0) is 18.5. The van der Waals surface area contributed by atoms with Crippen molar-refractivity contribution in [2.24, 2.45) is 0 Å². The van der Waals surface area contributed by atoms with E-state index in [9.17, 15) is 4.79 Å². The van der Waals surface area contributed by atoms with E-state index in [4.69, 9.17) is 23.2 Å². The van der Waals surface area contributed by atoms with E-state index in [0.29, 0.717) is 28.8 Å². The fourth-order valence-corrected chi connectivity index (χ4v) is 3.68. The number of amides is 2. The van der Waals surface area contributed by atoms with Crippen LogP contribution < -0.4 is 10.2 Å². The van der Waals surface area contributed by atoms with Crippen LogP contribution in [0.25, 0.3) is 0 Å². The lowest BCUT2D eigenvalue weighted by Crippen LogP contribution is -2.38. The Kier molecular flexibility index (Phi) is 6.22. The molecule has 3 rings (SSSR count). The Morgan fingerprint density at radius 2 is 2.04 bits per heavy atom. The van der Waals surface area contributed by atoms with Crippen LogP contribution in [0.4, 0.5) is 16.2 Å². The van der Waals surface area contributed by atoms with Gasteiger partial charge >= 0.3 is 6.03 Å². The van der Waals surface area contributed by atoms with Crippen molar-refractivity contribution in [1.82, 2.24) is 9.88 Å². The van der Waals surface area contributed by atoms with Crippen molar-refractivity contribution in [3.63, 3.8) is 0 Å². The fourth-order valence-electron chi connectivity index (χ4n) is 3.19. The van der Waals surface area contributed by atoms with Crippen LogP contribution in [-0.2, 0) is 6.42 Å². The van der Waals surface area contributed by atoms with Crippen molar-refractivity contribution >= 4 is 40.6 Å². The molecule has 0 radical (unpaired) electrons. The molecule has 1 aromatic carbocycles. The Hall–Kier alpha value is -1.98. The molecule has 138 valence electrons. The molecule has 0 atom stereocenters. The zero-order valence-electron chi connectivity index (χ0n) is 14.7. The average Bonchev–Trinajstić information content (AvgIpc) is 2.87. The van der Waals surface area contributed by atoms with Crippen LogP contribution in [-0.4, -0.2) is 42.1 Å². The second-order valence-electron chi connectivity index (χ2n) is 6.25. The third kappa shape index (κ3) is 4.40. The average molecular weight is 393 g/mol. The summed E-state index contributed by atoms with van der Waals surface area (Å²) in [6, 6.07) is 7.07. The molecule has 1 aromatic heterocycles. The summed E-state index contributed by atoms with van der Waals surface area (Å²) >= 11 is 12.4. The summed E-state index contributed by atoms with van der Waals surface area (Å²) in [5.74, 6) is 0. The minimum Gasteiger partial charge on any atom is -0.368 e. The number of halogens is 2. The minimum atomic E-state index is -0.106. The van der Waals surface area contributed by atoms with Crippen molar-refractivity contribution in [2.75, 3.05) is 36.4 Å². The SMILES string of the molecule is CCc1cncc(Cl)c1N1CCCN(C(=O)Nc2cccc(Cl)c2)CC1. The molecular formula is C19H22Cl2N4O. The van der Waals surface area contributed by atoms with Crippen LogP contribution in [0.3, 0.4) is 0 Å². The van der Waals surface area contributed by atoms with Crippen LogP contribution in [0.1, 0.15) is 18.9 Å². The van der Waals surface area contributed by atoms with Gasteiger partial charge in [-0.2, -0.15) is 0 Å². The Labute approximate surface area is 163 Å². The van der Waals surface area contributed by atoms with Gasteiger partial charge in [-0.3, -0.25) is 4.98 Å². The molecule has 1 aliphatic heterocycles. The second-order valence-corrected chi connectivity index (χ2v) is 7.09. The second kappa shape index (κ2) is 8.60. The molecule has 0 aliphatic carbocycles. The Morgan fingerprint density at radius 1 is 1.19 bits per heavy atom. The Bertz CT molecular complexity index is 784.